The van der Waals surface area contributed by atoms with Gasteiger partial charge in [-0.2, -0.15) is 4.99 Å². The van der Waals surface area contributed by atoms with Crippen molar-refractivity contribution < 1.29 is 9.53 Å². The highest BCUT2D eigenvalue weighted by molar-refractivity contribution is 7.78. The number of thiocarbonyl (C=S) groups is 1. The van der Waals surface area contributed by atoms with Gasteiger partial charge >= 0.3 is 5.97 Å². The third kappa shape index (κ3) is 3.09. The summed E-state index contributed by atoms with van der Waals surface area (Å²) in [4.78, 5) is 15.0. The molecule has 0 aromatic heterocycles. The summed E-state index contributed by atoms with van der Waals surface area (Å²) in [6.07, 6.45) is -0.583. The van der Waals surface area contributed by atoms with E-state index in [1.54, 1.807) is 31.2 Å². The molecule has 0 aliphatic rings. The Morgan fingerprint density at radius 2 is 2.14 bits per heavy atom. The molecule has 3 nitrogen and oxygen atoms in total. The number of esters is 1. The van der Waals surface area contributed by atoms with Crippen molar-refractivity contribution in [1.82, 2.24) is 0 Å². The van der Waals surface area contributed by atoms with Crippen molar-refractivity contribution in [2.24, 2.45) is 4.99 Å². The zero-order valence-electron chi connectivity index (χ0n) is 7.64. The van der Waals surface area contributed by atoms with E-state index in [-0.39, 0.29) is 0 Å². The first-order valence-electron chi connectivity index (χ1n) is 4.07. The molecule has 0 saturated heterocycles. The van der Waals surface area contributed by atoms with Crippen molar-refractivity contribution in [3.8, 4) is 0 Å². The zero-order chi connectivity index (χ0) is 10.4. The lowest BCUT2D eigenvalue weighted by Crippen LogP contribution is -2.12. The molecule has 0 N–H and O–H groups in total. The van der Waals surface area contributed by atoms with Crippen LogP contribution in [0.1, 0.15) is 17.3 Å². The first kappa shape index (κ1) is 10.6. The second-order valence-electron chi connectivity index (χ2n) is 2.59. The Bertz CT molecular complexity index is 358. The van der Waals surface area contributed by atoms with Gasteiger partial charge in [0.05, 0.1) is 10.7 Å². The van der Waals surface area contributed by atoms with E-state index >= 15 is 0 Å². The molecule has 0 radical (unpaired) electrons. The molecule has 0 bridgehead atoms. The maximum atomic E-state index is 11.4. The molecule has 0 fully saturated rings. The van der Waals surface area contributed by atoms with E-state index in [9.17, 15) is 4.79 Å². The van der Waals surface area contributed by atoms with Crippen molar-refractivity contribution in [1.29, 1.82) is 0 Å². The minimum atomic E-state index is -0.583. The summed E-state index contributed by atoms with van der Waals surface area (Å²) in [5, 5.41) is 2.16. The number of aliphatic imine (C=N–C) groups is 1. The van der Waals surface area contributed by atoms with Crippen LogP contribution in [0, 0.1) is 0 Å². The zero-order valence-corrected chi connectivity index (χ0v) is 8.45. The topological polar surface area (TPSA) is 38.7 Å². The summed E-state index contributed by atoms with van der Waals surface area (Å²) in [5.74, 6) is -0.410. The molecule has 0 saturated carbocycles. The highest BCUT2D eigenvalue weighted by Gasteiger charge is 2.09. The Balaban J connectivity index is 2.64. The number of hydrogen-bond donors (Lipinski definition) is 0. The van der Waals surface area contributed by atoms with E-state index in [2.05, 4.69) is 22.4 Å². The van der Waals surface area contributed by atoms with Gasteiger partial charge in [0.2, 0.25) is 0 Å². The fourth-order valence-corrected chi connectivity index (χ4v) is 1.05. The molecule has 14 heavy (non-hydrogen) atoms. The first-order valence-corrected chi connectivity index (χ1v) is 4.48. The monoisotopic (exact) mass is 207 g/mol. The Morgan fingerprint density at radius 1 is 1.50 bits per heavy atom. The summed E-state index contributed by atoms with van der Waals surface area (Å²) < 4.78 is 4.94. The van der Waals surface area contributed by atoms with Crippen LogP contribution >= 0.6 is 12.2 Å². The van der Waals surface area contributed by atoms with Gasteiger partial charge in [-0.3, -0.25) is 0 Å². The number of benzene rings is 1. The minimum absolute atomic E-state index is 0.410. The van der Waals surface area contributed by atoms with E-state index in [0.29, 0.717) is 5.56 Å². The summed E-state index contributed by atoms with van der Waals surface area (Å²) in [5.41, 5.74) is 0.499. The lowest BCUT2D eigenvalue weighted by atomic mass is 10.2. The molecule has 1 unspecified atom stereocenters. The van der Waals surface area contributed by atoms with Crippen LogP contribution in [0.15, 0.2) is 35.3 Å². The van der Waals surface area contributed by atoms with Crippen molar-refractivity contribution in [3.05, 3.63) is 35.9 Å². The smallest absolute Gasteiger partial charge is 0.340 e. The van der Waals surface area contributed by atoms with Gasteiger partial charge in [0.15, 0.2) is 6.23 Å². The third-order valence-electron chi connectivity index (χ3n) is 1.52. The minimum Gasteiger partial charge on any atom is -0.436 e. The standard InChI is InChI=1S/C10H9NO2S/c1-8(11-7-14)13-10(12)9-5-3-2-4-6-9/h2-6,8H,1H3. The SMILES string of the molecule is CC(N=C=S)OC(=O)c1ccccc1. The molecule has 1 aromatic carbocycles. The van der Waals surface area contributed by atoms with Crippen molar-refractivity contribution >= 4 is 23.3 Å². The van der Waals surface area contributed by atoms with Gasteiger partial charge in [-0.15, -0.1) is 0 Å². The maximum absolute atomic E-state index is 11.4. The average molecular weight is 207 g/mol. The van der Waals surface area contributed by atoms with Crippen LogP contribution in [0.5, 0.6) is 0 Å². The number of carbonyl (C=O) groups is 1. The number of nitrogens with zero attached hydrogens (tertiary/aromatic N) is 1. The van der Waals surface area contributed by atoms with E-state index in [1.807, 2.05) is 6.07 Å². The molecule has 0 aliphatic carbocycles. The molecule has 72 valence electrons. The van der Waals surface area contributed by atoms with Crippen LogP contribution in [-0.2, 0) is 4.74 Å². The second kappa shape index (κ2) is 5.27. The van der Waals surface area contributed by atoms with E-state index in [1.165, 1.54) is 0 Å². The Kier molecular flexibility index (Phi) is 3.98. The Morgan fingerprint density at radius 3 is 2.71 bits per heavy atom. The highest BCUT2D eigenvalue weighted by Crippen LogP contribution is 2.03. The van der Waals surface area contributed by atoms with Gasteiger partial charge in [-0.25, -0.2) is 4.79 Å². The molecule has 0 amide bonds. The summed E-state index contributed by atoms with van der Waals surface area (Å²) in [6.45, 7) is 1.63. The van der Waals surface area contributed by atoms with Gasteiger partial charge in [-0.05, 0) is 31.3 Å². The van der Waals surface area contributed by atoms with E-state index < -0.39 is 12.2 Å². The van der Waals surface area contributed by atoms with Crippen molar-refractivity contribution in [2.45, 2.75) is 13.2 Å². The average Bonchev–Trinajstić information content (AvgIpc) is 2.19. The molecule has 0 heterocycles. The van der Waals surface area contributed by atoms with Crippen LogP contribution in [0.25, 0.3) is 0 Å². The summed E-state index contributed by atoms with van der Waals surface area (Å²) in [6, 6.07) is 8.72. The fourth-order valence-electron chi connectivity index (χ4n) is 0.898. The molecule has 0 spiro atoms. The third-order valence-corrected chi connectivity index (χ3v) is 1.63. The van der Waals surface area contributed by atoms with Gasteiger partial charge in [-0.1, -0.05) is 18.2 Å². The van der Waals surface area contributed by atoms with Crippen LogP contribution in [-0.4, -0.2) is 17.4 Å². The van der Waals surface area contributed by atoms with Crippen LogP contribution < -0.4 is 0 Å². The highest BCUT2D eigenvalue weighted by atomic mass is 32.1. The Hall–Kier alpha value is -1.51. The second-order valence-corrected chi connectivity index (χ2v) is 2.77. The van der Waals surface area contributed by atoms with E-state index in [0.717, 1.165) is 0 Å². The fraction of sp³-hybridized carbons (Fsp3) is 0.200. The van der Waals surface area contributed by atoms with E-state index in [4.69, 9.17) is 4.74 Å². The molecule has 0 aliphatic heterocycles. The summed E-state index contributed by atoms with van der Waals surface area (Å²) in [7, 11) is 0. The molecular weight excluding hydrogens is 198 g/mol. The van der Waals surface area contributed by atoms with Gasteiger partial charge in [0.25, 0.3) is 0 Å². The number of isothiocyanates is 1. The Labute approximate surface area is 87.4 Å². The number of ether oxygens (including phenoxy) is 1. The molecule has 1 rings (SSSR count). The summed E-state index contributed by atoms with van der Waals surface area (Å²) >= 11 is 4.39. The molecular formula is C10H9NO2S. The number of carbonyl (C=O) groups excluding carboxylic acids is 1. The van der Waals surface area contributed by atoms with Crippen molar-refractivity contribution in [3.63, 3.8) is 0 Å². The quantitative estimate of drug-likeness (QED) is 0.433. The van der Waals surface area contributed by atoms with Gasteiger partial charge in [0, 0.05) is 0 Å². The number of hydrogen-bond acceptors (Lipinski definition) is 4. The lowest BCUT2D eigenvalue weighted by molar-refractivity contribution is 0.0361. The predicted octanol–water partition coefficient (Wildman–Crippen LogP) is 2.29. The maximum Gasteiger partial charge on any atom is 0.340 e. The predicted molar refractivity (Wildman–Crippen MR) is 56.3 cm³/mol. The van der Waals surface area contributed by atoms with Crippen molar-refractivity contribution in [2.75, 3.05) is 0 Å². The van der Waals surface area contributed by atoms with Gasteiger partial charge in [0.1, 0.15) is 0 Å². The normalized spacial score (nSPS) is 11.2. The van der Waals surface area contributed by atoms with Crippen LogP contribution in [0.2, 0.25) is 0 Å². The van der Waals surface area contributed by atoms with Crippen LogP contribution in [0.4, 0.5) is 0 Å². The number of rotatable bonds is 3. The lowest BCUT2D eigenvalue weighted by Gasteiger charge is -2.06. The molecule has 4 heteroatoms. The van der Waals surface area contributed by atoms with Gasteiger partial charge < -0.3 is 4.74 Å². The first-order chi connectivity index (χ1) is 6.74. The molecule has 1 aromatic rings. The molecule has 1 atom stereocenters. The largest absolute Gasteiger partial charge is 0.436 e. The van der Waals surface area contributed by atoms with Crippen LogP contribution in [0.3, 0.4) is 0 Å².